The Kier molecular flexibility index (Phi) is 4.39. The largest absolute Gasteiger partial charge is 0.367 e. The Morgan fingerprint density at radius 2 is 2.00 bits per heavy atom. The second-order valence-electron chi connectivity index (χ2n) is 5.31. The maximum Gasteiger partial charge on any atom is 0.224 e. The lowest BCUT2D eigenvalue weighted by Crippen LogP contribution is -2.28. The highest BCUT2D eigenvalue weighted by atomic mass is 15.1. The van der Waals surface area contributed by atoms with Gasteiger partial charge in [-0.2, -0.15) is 4.98 Å². The highest BCUT2D eigenvalue weighted by molar-refractivity contribution is 5.46. The molecule has 1 aliphatic rings. The standard InChI is InChI=1S/C14H24N4/c1-10-9-16-14(15-3)18-13(10)17-11(2)12-7-5-4-6-8-12/h9,11-12H,4-8H2,1-3H3,(H2,15,16,17,18). The van der Waals surface area contributed by atoms with Crippen molar-refractivity contribution in [1.29, 1.82) is 0 Å². The van der Waals surface area contributed by atoms with Crippen molar-refractivity contribution in [2.24, 2.45) is 5.92 Å². The summed E-state index contributed by atoms with van der Waals surface area (Å²) in [4.78, 5) is 8.71. The van der Waals surface area contributed by atoms with E-state index in [1.165, 1.54) is 32.1 Å². The Morgan fingerprint density at radius 1 is 1.28 bits per heavy atom. The first-order valence-corrected chi connectivity index (χ1v) is 6.98. The van der Waals surface area contributed by atoms with E-state index in [0.29, 0.717) is 12.0 Å². The minimum absolute atomic E-state index is 0.489. The van der Waals surface area contributed by atoms with E-state index < -0.39 is 0 Å². The van der Waals surface area contributed by atoms with Gasteiger partial charge in [-0.05, 0) is 32.6 Å². The molecule has 18 heavy (non-hydrogen) atoms. The Labute approximate surface area is 110 Å². The predicted octanol–water partition coefficient (Wildman–Crippen LogP) is 3.21. The summed E-state index contributed by atoms with van der Waals surface area (Å²) < 4.78 is 0. The second-order valence-corrected chi connectivity index (χ2v) is 5.31. The van der Waals surface area contributed by atoms with Crippen LogP contribution in [0.15, 0.2) is 6.20 Å². The Bertz CT molecular complexity index is 385. The Hall–Kier alpha value is -1.32. The van der Waals surface area contributed by atoms with Gasteiger partial charge in [-0.25, -0.2) is 4.98 Å². The summed E-state index contributed by atoms with van der Waals surface area (Å²) in [6, 6.07) is 0.489. The van der Waals surface area contributed by atoms with Gasteiger partial charge in [-0.15, -0.1) is 0 Å². The van der Waals surface area contributed by atoms with Gasteiger partial charge in [0.2, 0.25) is 5.95 Å². The fourth-order valence-electron chi connectivity index (χ4n) is 2.68. The van der Waals surface area contributed by atoms with Crippen LogP contribution in [0.4, 0.5) is 11.8 Å². The summed E-state index contributed by atoms with van der Waals surface area (Å²) in [5.41, 5.74) is 1.11. The molecule has 0 aliphatic heterocycles. The Morgan fingerprint density at radius 3 is 2.67 bits per heavy atom. The van der Waals surface area contributed by atoms with E-state index in [4.69, 9.17) is 0 Å². The molecule has 4 heteroatoms. The quantitative estimate of drug-likeness (QED) is 0.859. The lowest BCUT2D eigenvalue weighted by molar-refractivity contribution is 0.328. The molecule has 100 valence electrons. The van der Waals surface area contributed by atoms with Crippen LogP contribution in [0.2, 0.25) is 0 Å². The van der Waals surface area contributed by atoms with E-state index in [1.54, 1.807) is 0 Å². The van der Waals surface area contributed by atoms with E-state index in [1.807, 2.05) is 13.2 Å². The summed E-state index contributed by atoms with van der Waals surface area (Å²) in [6.45, 7) is 4.33. The van der Waals surface area contributed by atoms with Gasteiger partial charge in [0.15, 0.2) is 0 Å². The van der Waals surface area contributed by atoms with Crippen LogP contribution in [0.3, 0.4) is 0 Å². The zero-order valence-electron chi connectivity index (χ0n) is 11.7. The Balaban J connectivity index is 2.03. The van der Waals surface area contributed by atoms with E-state index >= 15 is 0 Å². The third kappa shape index (κ3) is 3.12. The zero-order chi connectivity index (χ0) is 13.0. The predicted molar refractivity (Wildman–Crippen MR) is 76.0 cm³/mol. The van der Waals surface area contributed by atoms with Crippen LogP contribution < -0.4 is 10.6 Å². The third-order valence-corrected chi connectivity index (χ3v) is 3.92. The van der Waals surface area contributed by atoms with E-state index in [2.05, 4.69) is 34.4 Å². The van der Waals surface area contributed by atoms with Gasteiger partial charge in [-0.3, -0.25) is 0 Å². The smallest absolute Gasteiger partial charge is 0.224 e. The van der Waals surface area contributed by atoms with Crippen molar-refractivity contribution in [3.8, 4) is 0 Å². The van der Waals surface area contributed by atoms with Crippen LogP contribution in [0.5, 0.6) is 0 Å². The lowest BCUT2D eigenvalue weighted by atomic mass is 9.84. The molecule has 0 spiro atoms. The molecule has 1 atom stereocenters. The molecule has 2 N–H and O–H groups in total. The lowest BCUT2D eigenvalue weighted by Gasteiger charge is -2.29. The van der Waals surface area contributed by atoms with Crippen molar-refractivity contribution in [1.82, 2.24) is 9.97 Å². The summed E-state index contributed by atoms with van der Waals surface area (Å²) in [6.07, 6.45) is 8.71. The van der Waals surface area contributed by atoms with Crippen molar-refractivity contribution in [3.63, 3.8) is 0 Å². The van der Waals surface area contributed by atoms with Gasteiger partial charge < -0.3 is 10.6 Å². The summed E-state index contributed by atoms with van der Waals surface area (Å²) in [5.74, 6) is 2.43. The van der Waals surface area contributed by atoms with Crippen LogP contribution >= 0.6 is 0 Å². The normalized spacial score (nSPS) is 18.4. The van der Waals surface area contributed by atoms with E-state index in [-0.39, 0.29) is 0 Å². The van der Waals surface area contributed by atoms with E-state index in [9.17, 15) is 0 Å². The number of nitrogens with zero attached hydrogens (tertiary/aromatic N) is 2. The highest BCUT2D eigenvalue weighted by Crippen LogP contribution is 2.28. The number of hydrogen-bond donors (Lipinski definition) is 2. The minimum Gasteiger partial charge on any atom is -0.367 e. The van der Waals surface area contributed by atoms with Crippen molar-refractivity contribution in [2.45, 2.75) is 52.0 Å². The molecule has 1 saturated carbocycles. The fraction of sp³-hybridized carbons (Fsp3) is 0.714. The van der Waals surface area contributed by atoms with Crippen molar-refractivity contribution < 1.29 is 0 Å². The average Bonchev–Trinajstić information content (AvgIpc) is 2.42. The second kappa shape index (κ2) is 6.03. The fourth-order valence-corrected chi connectivity index (χ4v) is 2.68. The van der Waals surface area contributed by atoms with Crippen molar-refractivity contribution >= 4 is 11.8 Å². The molecule has 2 rings (SSSR count). The molecule has 1 unspecified atom stereocenters. The van der Waals surface area contributed by atoms with Gasteiger partial charge in [0.05, 0.1) is 0 Å². The van der Waals surface area contributed by atoms with E-state index in [0.717, 1.165) is 17.3 Å². The zero-order valence-corrected chi connectivity index (χ0v) is 11.7. The molecule has 0 amide bonds. The van der Waals surface area contributed by atoms with Crippen molar-refractivity contribution in [2.75, 3.05) is 17.7 Å². The first kappa shape index (κ1) is 13.1. The molecule has 4 nitrogen and oxygen atoms in total. The number of nitrogens with one attached hydrogen (secondary N) is 2. The van der Waals surface area contributed by atoms with Gasteiger partial charge in [0.25, 0.3) is 0 Å². The van der Waals surface area contributed by atoms with Crippen LogP contribution in [0.1, 0.15) is 44.6 Å². The summed E-state index contributed by atoms with van der Waals surface area (Å²) >= 11 is 0. The maximum absolute atomic E-state index is 4.49. The molecule has 0 saturated heterocycles. The number of rotatable bonds is 4. The molecule has 1 aromatic rings. The first-order chi connectivity index (χ1) is 8.70. The van der Waals surface area contributed by atoms with Gasteiger partial charge >= 0.3 is 0 Å². The van der Waals surface area contributed by atoms with Gasteiger partial charge in [-0.1, -0.05) is 19.3 Å². The number of hydrogen-bond acceptors (Lipinski definition) is 4. The average molecular weight is 248 g/mol. The van der Waals surface area contributed by atoms with Gasteiger partial charge in [0.1, 0.15) is 5.82 Å². The van der Waals surface area contributed by atoms with Crippen LogP contribution in [0, 0.1) is 12.8 Å². The third-order valence-electron chi connectivity index (χ3n) is 3.92. The monoisotopic (exact) mass is 248 g/mol. The molecule has 1 fully saturated rings. The molecule has 1 aliphatic carbocycles. The first-order valence-electron chi connectivity index (χ1n) is 6.98. The van der Waals surface area contributed by atoms with Crippen molar-refractivity contribution in [3.05, 3.63) is 11.8 Å². The number of aromatic nitrogens is 2. The topological polar surface area (TPSA) is 49.8 Å². The molecular weight excluding hydrogens is 224 g/mol. The number of anilines is 2. The SMILES string of the molecule is CNc1ncc(C)c(NC(C)C2CCCCC2)n1. The van der Waals surface area contributed by atoms with Gasteiger partial charge in [0, 0.05) is 24.8 Å². The van der Waals surface area contributed by atoms with Crippen LogP contribution in [-0.4, -0.2) is 23.1 Å². The molecule has 0 bridgehead atoms. The minimum atomic E-state index is 0.489. The van der Waals surface area contributed by atoms with Crippen LogP contribution in [0.25, 0.3) is 0 Å². The molecule has 0 aromatic carbocycles. The highest BCUT2D eigenvalue weighted by Gasteiger charge is 2.20. The molecular formula is C14H24N4. The number of aryl methyl sites for hydroxylation is 1. The summed E-state index contributed by atoms with van der Waals surface area (Å²) in [5, 5.41) is 6.55. The molecule has 0 radical (unpaired) electrons. The molecule has 1 aromatic heterocycles. The van der Waals surface area contributed by atoms with Crippen LogP contribution in [-0.2, 0) is 0 Å². The maximum atomic E-state index is 4.49. The molecule has 1 heterocycles. The summed E-state index contributed by atoms with van der Waals surface area (Å²) in [7, 11) is 1.85.